The number of rotatable bonds is 7. The van der Waals surface area contributed by atoms with Gasteiger partial charge >= 0.3 is 0 Å². The predicted octanol–water partition coefficient (Wildman–Crippen LogP) is 4.26. The molecule has 1 aliphatic heterocycles. The van der Waals surface area contributed by atoms with Crippen LogP contribution in [0.15, 0.2) is 48.7 Å². The minimum atomic E-state index is 0.942. The Morgan fingerprint density at radius 1 is 1.07 bits per heavy atom. The van der Waals surface area contributed by atoms with Gasteiger partial charge in [-0.15, -0.1) is 0 Å². The van der Waals surface area contributed by atoms with E-state index >= 15 is 0 Å². The summed E-state index contributed by atoms with van der Waals surface area (Å²) in [5.74, 6) is 1.07. The van der Waals surface area contributed by atoms with E-state index in [1.165, 1.54) is 12.8 Å². The number of aromatic nitrogens is 2. The maximum Gasteiger partial charge on any atom is 0.128 e. The van der Waals surface area contributed by atoms with E-state index in [0.29, 0.717) is 0 Å². The van der Waals surface area contributed by atoms with Gasteiger partial charge in [-0.1, -0.05) is 18.2 Å². The minimum absolute atomic E-state index is 0.942. The highest BCUT2D eigenvalue weighted by Gasteiger charge is 2.14. The summed E-state index contributed by atoms with van der Waals surface area (Å²) < 4.78 is 0. The fraction of sp³-hybridized carbons (Fsp3) is 0.391. The number of anilines is 2. The third-order valence-corrected chi connectivity index (χ3v) is 5.29. The Hall–Kier alpha value is -2.66. The molecule has 0 spiro atoms. The van der Waals surface area contributed by atoms with Crippen LogP contribution in [-0.4, -0.2) is 55.1 Å². The van der Waals surface area contributed by atoms with Gasteiger partial charge in [0.25, 0.3) is 0 Å². The van der Waals surface area contributed by atoms with Crippen molar-refractivity contribution in [2.24, 2.45) is 0 Å². The van der Waals surface area contributed by atoms with Crippen LogP contribution in [0.2, 0.25) is 0 Å². The molecule has 2 aromatic heterocycles. The van der Waals surface area contributed by atoms with E-state index in [0.717, 1.165) is 66.3 Å². The number of pyridine rings is 2. The predicted molar refractivity (Wildman–Crippen MR) is 118 cm³/mol. The molecule has 3 heterocycles. The molecular formula is C23H29N5. The zero-order valence-corrected chi connectivity index (χ0v) is 16.9. The summed E-state index contributed by atoms with van der Waals surface area (Å²) in [7, 11) is 4.22. The van der Waals surface area contributed by atoms with Crippen LogP contribution in [0.4, 0.5) is 11.5 Å². The standard InChI is InChI=1S/C23H29N5/c1-27(2)13-7-12-24-22-16-21(26-20-9-4-3-8-19(20)22)18-10-11-23(25-17-18)28-14-5-6-15-28/h3-4,8-11,16-17H,5-7,12-15H2,1-2H3,(H,24,26). The zero-order valence-electron chi connectivity index (χ0n) is 16.9. The minimum Gasteiger partial charge on any atom is -0.384 e. The van der Waals surface area contributed by atoms with E-state index in [1.807, 2.05) is 12.3 Å². The Morgan fingerprint density at radius 3 is 2.64 bits per heavy atom. The molecular weight excluding hydrogens is 346 g/mol. The van der Waals surface area contributed by atoms with Crippen molar-refractivity contribution < 1.29 is 0 Å². The molecule has 0 saturated carbocycles. The number of nitrogens with one attached hydrogen (secondary N) is 1. The van der Waals surface area contributed by atoms with Gasteiger partial charge in [-0.05, 0) is 64.2 Å². The summed E-state index contributed by atoms with van der Waals surface area (Å²) in [6.07, 6.45) is 5.59. The zero-order chi connectivity index (χ0) is 19.3. The van der Waals surface area contributed by atoms with E-state index in [2.05, 4.69) is 65.6 Å². The molecule has 0 aliphatic carbocycles. The maximum atomic E-state index is 4.89. The van der Waals surface area contributed by atoms with Gasteiger partial charge in [0, 0.05) is 42.5 Å². The van der Waals surface area contributed by atoms with Crippen LogP contribution >= 0.6 is 0 Å². The summed E-state index contributed by atoms with van der Waals surface area (Å²) in [6, 6.07) is 14.8. The fourth-order valence-electron chi connectivity index (χ4n) is 3.76. The van der Waals surface area contributed by atoms with Crippen LogP contribution in [0.25, 0.3) is 22.2 Å². The first kappa shape index (κ1) is 18.7. The number of hydrogen-bond acceptors (Lipinski definition) is 5. The second kappa shape index (κ2) is 8.57. The highest BCUT2D eigenvalue weighted by Crippen LogP contribution is 2.29. The topological polar surface area (TPSA) is 44.3 Å². The first-order valence-corrected chi connectivity index (χ1v) is 10.2. The molecule has 0 unspecified atom stereocenters. The second-order valence-corrected chi connectivity index (χ2v) is 7.76. The number of nitrogens with zero attached hydrogens (tertiary/aromatic N) is 4. The molecule has 1 aromatic carbocycles. The Bertz CT molecular complexity index is 914. The monoisotopic (exact) mass is 375 g/mol. The fourth-order valence-corrected chi connectivity index (χ4v) is 3.76. The van der Waals surface area contributed by atoms with Crippen molar-refractivity contribution in [1.82, 2.24) is 14.9 Å². The number of para-hydroxylation sites is 1. The third-order valence-electron chi connectivity index (χ3n) is 5.29. The van der Waals surface area contributed by atoms with Crippen LogP contribution in [0, 0.1) is 0 Å². The van der Waals surface area contributed by atoms with Crippen LogP contribution < -0.4 is 10.2 Å². The second-order valence-electron chi connectivity index (χ2n) is 7.76. The number of hydrogen-bond donors (Lipinski definition) is 1. The molecule has 0 bridgehead atoms. The molecule has 28 heavy (non-hydrogen) atoms. The summed E-state index contributed by atoms with van der Waals surface area (Å²) in [5.41, 5.74) is 4.18. The number of benzene rings is 1. The van der Waals surface area contributed by atoms with Crippen molar-refractivity contribution in [3.63, 3.8) is 0 Å². The molecule has 0 atom stereocenters. The lowest BCUT2D eigenvalue weighted by atomic mass is 10.1. The Balaban J connectivity index is 1.59. The van der Waals surface area contributed by atoms with Crippen LogP contribution in [0.5, 0.6) is 0 Å². The Kier molecular flexibility index (Phi) is 5.72. The smallest absolute Gasteiger partial charge is 0.128 e. The van der Waals surface area contributed by atoms with E-state index in [9.17, 15) is 0 Å². The van der Waals surface area contributed by atoms with Crippen molar-refractivity contribution in [1.29, 1.82) is 0 Å². The van der Waals surface area contributed by atoms with Gasteiger partial charge in [-0.3, -0.25) is 0 Å². The molecule has 146 valence electrons. The average molecular weight is 376 g/mol. The lowest BCUT2D eigenvalue weighted by Gasteiger charge is -2.16. The van der Waals surface area contributed by atoms with E-state index in [4.69, 9.17) is 9.97 Å². The first-order chi connectivity index (χ1) is 13.7. The van der Waals surface area contributed by atoms with Crippen molar-refractivity contribution in [3.05, 3.63) is 48.7 Å². The summed E-state index contributed by atoms with van der Waals surface area (Å²) in [4.78, 5) is 14.2. The highest BCUT2D eigenvalue weighted by atomic mass is 15.2. The van der Waals surface area contributed by atoms with Gasteiger partial charge in [0.2, 0.25) is 0 Å². The summed E-state index contributed by atoms with van der Waals surface area (Å²) in [5, 5.41) is 4.78. The van der Waals surface area contributed by atoms with Gasteiger partial charge in [0.05, 0.1) is 11.2 Å². The first-order valence-electron chi connectivity index (χ1n) is 10.2. The van der Waals surface area contributed by atoms with Crippen molar-refractivity contribution in [3.8, 4) is 11.3 Å². The largest absolute Gasteiger partial charge is 0.384 e. The van der Waals surface area contributed by atoms with Gasteiger partial charge in [0.15, 0.2) is 0 Å². The van der Waals surface area contributed by atoms with E-state index in [-0.39, 0.29) is 0 Å². The molecule has 1 N–H and O–H groups in total. The summed E-state index contributed by atoms with van der Waals surface area (Å²) >= 11 is 0. The Labute approximate surface area is 167 Å². The SMILES string of the molecule is CN(C)CCCNc1cc(-c2ccc(N3CCCC3)nc2)nc2ccccc12. The van der Waals surface area contributed by atoms with Crippen molar-refractivity contribution in [2.75, 3.05) is 50.5 Å². The van der Waals surface area contributed by atoms with E-state index in [1.54, 1.807) is 0 Å². The Morgan fingerprint density at radius 2 is 1.89 bits per heavy atom. The van der Waals surface area contributed by atoms with Gasteiger partial charge in [0.1, 0.15) is 5.82 Å². The van der Waals surface area contributed by atoms with Crippen LogP contribution in [-0.2, 0) is 0 Å². The van der Waals surface area contributed by atoms with Crippen LogP contribution in [0.3, 0.4) is 0 Å². The molecule has 4 rings (SSSR count). The summed E-state index contributed by atoms with van der Waals surface area (Å²) in [6.45, 7) is 4.24. The average Bonchev–Trinajstić information content (AvgIpc) is 3.26. The lowest BCUT2D eigenvalue weighted by Crippen LogP contribution is -2.18. The van der Waals surface area contributed by atoms with Crippen LogP contribution in [0.1, 0.15) is 19.3 Å². The third kappa shape index (κ3) is 4.25. The lowest BCUT2D eigenvalue weighted by molar-refractivity contribution is 0.405. The highest BCUT2D eigenvalue weighted by molar-refractivity contribution is 5.93. The maximum absolute atomic E-state index is 4.89. The van der Waals surface area contributed by atoms with Gasteiger partial charge < -0.3 is 15.1 Å². The molecule has 0 radical (unpaired) electrons. The molecule has 0 amide bonds. The molecule has 5 nitrogen and oxygen atoms in total. The molecule has 5 heteroatoms. The normalized spacial score (nSPS) is 14.2. The molecule has 3 aromatic rings. The molecule has 1 fully saturated rings. The molecule has 1 aliphatic rings. The quantitative estimate of drug-likeness (QED) is 0.625. The van der Waals surface area contributed by atoms with Crippen molar-refractivity contribution >= 4 is 22.4 Å². The van der Waals surface area contributed by atoms with Gasteiger partial charge in [-0.2, -0.15) is 0 Å². The van der Waals surface area contributed by atoms with E-state index < -0.39 is 0 Å². The van der Waals surface area contributed by atoms with Crippen molar-refractivity contribution in [2.45, 2.75) is 19.3 Å². The number of fused-ring (bicyclic) bond motifs is 1. The molecule has 1 saturated heterocycles. The van der Waals surface area contributed by atoms with Gasteiger partial charge in [-0.25, -0.2) is 9.97 Å².